The van der Waals surface area contributed by atoms with Gasteiger partial charge >= 0.3 is 0 Å². The summed E-state index contributed by atoms with van der Waals surface area (Å²) in [6, 6.07) is 3.31. The highest BCUT2D eigenvalue weighted by atomic mass is 79.9. The summed E-state index contributed by atoms with van der Waals surface area (Å²) in [5.74, 6) is 0.892. The lowest BCUT2D eigenvalue weighted by atomic mass is 10.1. The molecule has 0 radical (unpaired) electrons. The second-order valence-corrected chi connectivity index (χ2v) is 4.08. The van der Waals surface area contributed by atoms with Gasteiger partial charge in [0.05, 0.1) is 11.6 Å². The molecule has 0 amide bonds. The van der Waals surface area contributed by atoms with Crippen LogP contribution in [0.25, 0.3) is 0 Å². The van der Waals surface area contributed by atoms with Gasteiger partial charge in [-0.15, -0.1) is 0 Å². The minimum Gasteiger partial charge on any atom is -0.497 e. The molecule has 0 saturated heterocycles. The van der Waals surface area contributed by atoms with Crippen molar-refractivity contribution in [2.75, 3.05) is 7.11 Å². The second kappa shape index (κ2) is 3.29. The first kappa shape index (κ1) is 9.00. The zero-order valence-corrected chi connectivity index (χ0v) is 8.90. The van der Waals surface area contributed by atoms with Gasteiger partial charge in [-0.3, -0.25) is 0 Å². The lowest BCUT2D eigenvalue weighted by molar-refractivity contribution is 0.410. The Bertz CT molecular complexity index is 334. The molecule has 0 N–H and O–H groups in total. The van der Waals surface area contributed by atoms with Crippen molar-refractivity contribution in [3.63, 3.8) is 0 Å². The summed E-state index contributed by atoms with van der Waals surface area (Å²) < 4.78 is 18.9. The second-order valence-electron chi connectivity index (χ2n) is 3.29. The van der Waals surface area contributed by atoms with Gasteiger partial charge in [0.25, 0.3) is 0 Å². The SMILES string of the molecule is COc1cc(F)c(Br)c(C2CC2)c1. The zero-order chi connectivity index (χ0) is 9.42. The summed E-state index contributed by atoms with van der Waals surface area (Å²) >= 11 is 3.25. The molecule has 0 spiro atoms. The largest absolute Gasteiger partial charge is 0.497 e. The predicted octanol–water partition coefficient (Wildman–Crippen LogP) is 3.47. The molecule has 0 bridgehead atoms. The van der Waals surface area contributed by atoms with Crippen LogP contribution in [0.15, 0.2) is 16.6 Å². The van der Waals surface area contributed by atoms with E-state index in [4.69, 9.17) is 4.74 Å². The number of halogens is 2. The summed E-state index contributed by atoms with van der Waals surface area (Å²) in [4.78, 5) is 0. The molecule has 0 aromatic heterocycles. The van der Waals surface area contributed by atoms with E-state index in [0.717, 1.165) is 18.4 Å². The summed E-state index contributed by atoms with van der Waals surface area (Å²) in [6.07, 6.45) is 2.32. The maximum absolute atomic E-state index is 13.3. The summed E-state index contributed by atoms with van der Waals surface area (Å²) in [7, 11) is 1.55. The van der Waals surface area contributed by atoms with Gasteiger partial charge in [0.1, 0.15) is 11.6 Å². The minimum atomic E-state index is -0.235. The van der Waals surface area contributed by atoms with E-state index in [1.807, 2.05) is 6.07 Å². The quantitative estimate of drug-likeness (QED) is 0.775. The molecule has 1 saturated carbocycles. The molecule has 2 rings (SSSR count). The molecule has 0 heterocycles. The average molecular weight is 245 g/mol. The van der Waals surface area contributed by atoms with E-state index in [9.17, 15) is 4.39 Å². The van der Waals surface area contributed by atoms with E-state index in [1.54, 1.807) is 7.11 Å². The predicted molar refractivity (Wildman–Crippen MR) is 52.6 cm³/mol. The van der Waals surface area contributed by atoms with Crippen LogP contribution >= 0.6 is 15.9 Å². The highest BCUT2D eigenvalue weighted by Gasteiger charge is 2.27. The van der Waals surface area contributed by atoms with Crippen molar-refractivity contribution in [1.29, 1.82) is 0 Å². The zero-order valence-electron chi connectivity index (χ0n) is 7.31. The lowest BCUT2D eigenvalue weighted by Gasteiger charge is -2.06. The standard InChI is InChI=1S/C10H10BrFO/c1-13-7-4-8(6-2-3-6)10(11)9(12)5-7/h4-6H,2-3H2,1H3. The van der Waals surface area contributed by atoms with Crippen molar-refractivity contribution in [3.8, 4) is 5.75 Å². The third-order valence-electron chi connectivity index (χ3n) is 2.28. The van der Waals surface area contributed by atoms with Crippen LogP contribution in [0.3, 0.4) is 0 Å². The summed E-state index contributed by atoms with van der Waals surface area (Å²) in [6.45, 7) is 0. The van der Waals surface area contributed by atoms with Crippen molar-refractivity contribution >= 4 is 15.9 Å². The first-order chi connectivity index (χ1) is 6.22. The molecule has 1 fully saturated rings. The molecule has 1 aliphatic rings. The summed E-state index contributed by atoms with van der Waals surface area (Å²) in [5, 5.41) is 0. The molecule has 70 valence electrons. The first-order valence-electron chi connectivity index (χ1n) is 4.25. The number of methoxy groups -OCH3 is 1. The van der Waals surface area contributed by atoms with Gasteiger partial charge in [-0.25, -0.2) is 4.39 Å². The lowest BCUT2D eigenvalue weighted by Crippen LogP contribution is -1.91. The highest BCUT2D eigenvalue weighted by molar-refractivity contribution is 9.10. The molecule has 1 nitrogen and oxygen atoms in total. The molecule has 3 heteroatoms. The van der Waals surface area contributed by atoms with Crippen LogP contribution in [0.4, 0.5) is 4.39 Å². The fourth-order valence-electron chi connectivity index (χ4n) is 1.39. The van der Waals surface area contributed by atoms with Crippen LogP contribution in [-0.4, -0.2) is 7.11 Å². The van der Waals surface area contributed by atoms with E-state index in [2.05, 4.69) is 15.9 Å². The fraction of sp³-hybridized carbons (Fsp3) is 0.400. The maximum Gasteiger partial charge on any atom is 0.141 e. The molecule has 1 aromatic rings. The van der Waals surface area contributed by atoms with Crippen LogP contribution < -0.4 is 4.74 Å². The molecule has 1 aliphatic carbocycles. The van der Waals surface area contributed by atoms with Crippen molar-refractivity contribution in [2.24, 2.45) is 0 Å². The van der Waals surface area contributed by atoms with Crippen LogP contribution in [-0.2, 0) is 0 Å². The van der Waals surface area contributed by atoms with Gasteiger partial charge in [0.2, 0.25) is 0 Å². The van der Waals surface area contributed by atoms with Crippen molar-refractivity contribution in [1.82, 2.24) is 0 Å². The Balaban J connectivity index is 2.46. The Morgan fingerprint density at radius 2 is 2.15 bits per heavy atom. The Labute approximate surface area is 85.0 Å². The van der Waals surface area contributed by atoms with Gasteiger partial charge in [0, 0.05) is 6.07 Å². The van der Waals surface area contributed by atoms with E-state index in [0.29, 0.717) is 16.1 Å². The summed E-state index contributed by atoms with van der Waals surface area (Å²) in [5.41, 5.74) is 1.04. The number of benzene rings is 1. The van der Waals surface area contributed by atoms with Crippen LogP contribution in [0.5, 0.6) is 5.75 Å². The topological polar surface area (TPSA) is 9.23 Å². The Kier molecular flexibility index (Phi) is 2.28. The average Bonchev–Trinajstić information content (AvgIpc) is 2.92. The minimum absolute atomic E-state index is 0.235. The van der Waals surface area contributed by atoms with Crippen LogP contribution in [0.2, 0.25) is 0 Å². The normalized spacial score (nSPS) is 15.9. The van der Waals surface area contributed by atoms with Gasteiger partial charge in [-0.2, -0.15) is 0 Å². The molecule has 13 heavy (non-hydrogen) atoms. The molecule has 0 aliphatic heterocycles. The van der Waals surface area contributed by atoms with E-state index < -0.39 is 0 Å². The molecule has 0 atom stereocenters. The van der Waals surface area contributed by atoms with Crippen LogP contribution in [0.1, 0.15) is 24.3 Å². The Morgan fingerprint density at radius 3 is 2.69 bits per heavy atom. The van der Waals surface area contributed by atoms with Crippen molar-refractivity contribution < 1.29 is 9.13 Å². The third kappa shape index (κ3) is 1.70. The van der Waals surface area contributed by atoms with Crippen LogP contribution in [0, 0.1) is 5.82 Å². The van der Waals surface area contributed by atoms with E-state index in [1.165, 1.54) is 6.07 Å². The molecular weight excluding hydrogens is 235 g/mol. The first-order valence-corrected chi connectivity index (χ1v) is 5.04. The Morgan fingerprint density at radius 1 is 1.46 bits per heavy atom. The highest BCUT2D eigenvalue weighted by Crippen LogP contribution is 2.45. The van der Waals surface area contributed by atoms with Gasteiger partial charge in [-0.1, -0.05) is 0 Å². The third-order valence-corrected chi connectivity index (χ3v) is 3.12. The number of ether oxygens (including phenoxy) is 1. The number of hydrogen-bond donors (Lipinski definition) is 0. The monoisotopic (exact) mass is 244 g/mol. The molecular formula is C10H10BrFO. The molecule has 1 aromatic carbocycles. The van der Waals surface area contributed by atoms with Gasteiger partial charge < -0.3 is 4.74 Å². The number of rotatable bonds is 2. The van der Waals surface area contributed by atoms with E-state index in [-0.39, 0.29) is 5.82 Å². The van der Waals surface area contributed by atoms with Gasteiger partial charge in [0.15, 0.2) is 0 Å². The Hall–Kier alpha value is -0.570. The number of hydrogen-bond acceptors (Lipinski definition) is 1. The maximum atomic E-state index is 13.3. The van der Waals surface area contributed by atoms with Gasteiger partial charge in [-0.05, 0) is 46.3 Å². The molecule has 0 unspecified atom stereocenters. The smallest absolute Gasteiger partial charge is 0.141 e. The van der Waals surface area contributed by atoms with E-state index >= 15 is 0 Å². The fourth-order valence-corrected chi connectivity index (χ4v) is 1.95. The van der Waals surface area contributed by atoms with Crippen molar-refractivity contribution in [3.05, 3.63) is 28.0 Å². The van der Waals surface area contributed by atoms with Crippen molar-refractivity contribution in [2.45, 2.75) is 18.8 Å².